The Balaban J connectivity index is 1.34. The number of hydrogen-bond donors (Lipinski definition) is 0. The van der Waals surface area contributed by atoms with E-state index in [1.165, 1.54) is 0 Å². The molecule has 0 saturated carbocycles. The van der Waals surface area contributed by atoms with E-state index < -0.39 is 0 Å². The Labute approximate surface area is 184 Å². The van der Waals surface area contributed by atoms with Crippen LogP contribution in [-0.2, 0) is 17.9 Å². The van der Waals surface area contributed by atoms with Gasteiger partial charge in [-0.2, -0.15) is 10.1 Å². The topological polar surface area (TPSA) is 75.2 Å². The van der Waals surface area contributed by atoms with Crippen molar-refractivity contribution in [2.45, 2.75) is 39.2 Å². The summed E-state index contributed by atoms with van der Waals surface area (Å²) in [5.41, 5.74) is 3.52. The first-order valence-corrected chi connectivity index (χ1v) is 10.5. The molecule has 0 radical (unpaired) electrons. The van der Waals surface area contributed by atoms with E-state index in [0.717, 1.165) is 22.6 Å². The highest BCUT2D eigenvalue weighted by molar-refractivity contribution is 6.30. The first kappa shape index (κ1) is 19.8. The number of fused-ring (bicyclic) bond motifs is 1. The highest BCUT2D eigenvalue weighted by Gasteiger charge is 2.24. The molecule has 2 aromatic carbocycles. The second-order valence-corrected chi connectivity index (χ2v) is 8.10. The molecule has 1 aliphatic rings. The van der Waals surface area contributed by atoms with Gasteiger partial charge in [-0.3, -0.25) is 4.68 Å². The molecule has 8 heteroatoms. The van der Waals surface area contributed by atoms with Crippen LogP contribution in [0.25, 0.3) is 23.0 Å². The molecule has 0 fully saturated rings. The summed E-state index contributed by atoms with van der Waals surface area (Å²) in [6, 6.07) is 17.2. The van der Waals surface area contributed by atoms with Crippen LogP contribution < -0.4 is 4.74 Å². The minimum Gasteiger partial charge on any atom is -0.491 e. The average molecular weight is 437 g/mol. The fourth-order valence-electron chi connectivity index (χ4n) is 3.51. The van der Waals surface area contributed by atoms with Crippen LogP contribution in [0.4, 0.5) is 0 Å². The molecule has 158 valence electrons. The highest BCUT2D eigenvalue weighted by atomic mass is 35.5. The maximum atomic E-state index is 6.01. The van der Waals surface area contributed by atoms with Crippen molar-refractivity contribution in [1.82, 2.24) is 19.9 Å². The predicted octanol–water partition coefficient (Wildman–Crippen LogP) is 5.31. The molecule has 1 unspecified atom stereocenters. The number of hydrogen-bond acceptors (Lipinski definition) is 6. The van der Waals surface area contributed by atoms with E-state index in [4.69, 9.17) is 25.6 Å². The van der Waals surface area contributed by atoms with Crippen LogP contribution in [0.5, 0.6) is 5.75 Å². The van der Waals surface area contributed by atoms with Crippen LogP contribution >= 0.6 is 11.6 Å². The van der Waals surface area contributed by atoms with Crippen LogP contribution in [0, 0.1) is 0 Å². The third-order valence-electron chi connectivity index (χ3n) is 5.01. The van der Waals surface area contributed by atoms with Gasteiger partial charge in [0.25, 0.3) is 5.89 Å². The number of benzene rings is 2. The lowest BCUT2D eigenvalue weighted by Crippen LogP contribution is -2.21. The molecule has 0 saturated heterocycles. The average Bonchev–Trinajstić information content (AvgIpc) is 3.41. The van der Waals surface area contributed by atoms with Gasteiger partial charge in [-0.05, 0) is 61.9 Å². The summed E-state index contributed by atoms with van der Waals surface area (Å²) in [4.78, 5) is 4.52. The van der Waals surface area contributed by atoms with Crippen LogP contribution in [0.2, 0.25) is 5.02 Å². The molecular formula is C23H21ClN4O3. The summed E-state index contributed by atoms with van der Waals surface area (Å²) in [7, 11) is 0. The van der Waals surface area contributed by atoms with Gasteiger partial charge in [0.2, 0.25) is 5.82 Å². The molecule has 0 amide bonds. The molecule has 1 atom stereocenters. The minimum atomic E-state index is -0.0812. The number of rotatable bonds is 5. The third-order valence-corrected chi connectivity index (χ3v) is 5.26. The van der Waals surface area contributed by atoms with E-state index in [9.17, 15) is 0 Å². The van der Waals surface area contributed by atoms with Crippen molar-refractivity contribution in [2.75, 3.05) is 0 Å². The van der Waals surface area contributed by atoms with Crippen LogP contribution in [0.15, 0.2) is 59.1 Å². The fraction of sp³-hybridized carbons (Fsp3) is 0.261. The van der Waals surface area contributed by atoms with E-state index in [-0.39, 0.29) is 12.2 Å². The van der Waals surface area contributed by atoms with Gasteiger partial charge in [-0.25, -0.2) is 0 Å². The lowest BCUT2D eigenvalue weighted by Gasteiger charge is -2.24. The molecule has 2 aromatic heterocycles. The summed E-state index contributed by atoms with van der Waals surface area (Å²) in [6.45, 7) is 5.05. The van der Waals surface area contributed by atoms with Gasteiger partial charge in [0.1, 0.15) is 11.9 Å². The van der Waals surface area contributed by atoms with Crippen molar-refractivity contribution in [3.8, 4) is 28.7 Å². The van der Waals surface area contributed by atoms with Crippen molar-refractivity contribution in [1.29, 1.82) is 0 Å². The first-order chi connectivity index (χ1) is 15.0. The Kier molecular flexibility index (Phi) is 5.21. The van der Waals surface area contributed by atoms with E-state index in [0.29, 0.717) is 35.6 Å². The van der Waals surface area contributed by atoms with E-state index in [2.05, 4.69) is 15.2 Å². The number of ether oxygens (including phenoxy) is 2. The van der Waals surface area contributed by atoms with Crippen LogP contribution in [0.1, 0.15) is 31.2 Å². The maximum Gasteiger partial charge on any atom is 0.278 e. The fourth-order valence-corrected chi connectivity index (χ4v) is 3.63. The van der Waals surface area contributed by atoms with Gasteiger partial charge < -0.3 is 14.0 Å². The Hall–Kier alpha value is -3.16. The van der Waals surface area contributed by atoms with Gasteiger partial charge in [0.15, 0.2) is 5.69 Å². The SMILES string of the molecule is CC(C)Oc1ccc(-c2noc(-c3cc4n(n3)CC(c3ccc(Cl)cc3)OC4)n2)cc1. The number of halogens is 1. The van der Waals surface area contributed by atoms with Crippen LogP contribution in [0.3, 0.4) is 0 Å². The Morgan fingerprint density at radius 3 is 2.61 bits per heavy atom. The first-order valence-electron chi connectivity index (χ1n) is 10.1. The summed E-state index contributed by atoms with van der Waals surface area (Å²) in [5, 5.41) is 9.48. The van der Waals surface area contributed by atoms with Crippen molar-refractivity contribution in [2.24, 2.45) is 0 Å². The minimum absolute atomic E-state index is 0.0812. The monoisotopic (exact) mass is 436 g/mol. The maximum absolute atomic E-state index is 6.01. The van der Waals surface area contributed by atoms with Gasteiger partial charge in [-0.1, -0.05) is 28.9 Å². The molecule has 4 aromatic rings. The van der Waals surface area contributed by atoms with Gasteiger partial charge >= 0.3 is 0 Å². The van der Waals surface area contributed by atoms with Crippen molar-refractivity contribution in [3.63, 3.8) is 0 Å². The number of nitrogens with zero attached hydrogens (tertiary/aromatic N) is 4. The molecule has 0 bridgehead atoms. The smallest absolute Gasteiger partial charge is 0.278 e. The second kappa shape index (κ2) is 8.17. The summed E-state index contributed by atoms with van der Waals surface area (Å²) in [5.74, 6) is 1.69. The number of aromatic nitrogens is 4. The summed E-state index contributed by atoms with van der Waals surface area (Å²) >= 11 is 5.99. The van der Waals surface area contributed by atoms with E-state index >= 15 is 0 Å². The summed E-state index contributed by atoms with van der Waals surface area (Å²) < 4.78 is 19.1. The normalized spacial score (nSPS) is 15.8. The Morgan fingerprint density at radius 1 is 1.10 bits per heavy atom. The van der Waals surface area contributed by atoms with Gasteiger partial charge in [-0.15, -0.1) is 0 Å². The molecule has 0 spiro atoms. The van der Waals surface area contributed by atoms with Crippen LogP contribution in [-0.4, -0.2) is 26.0 Å². The molecule has 7 nitrogen and oxygen atoms in total. The third kappa shape index (κ3) is 4.19. The summed E-state index contributed by atoms with van der Waals surface area (Å²) in [6.07, 6.45) is 0.0418. The second-order valence-electron chi connectivity index (χ2n) is 7.67. The van der Waals surface area contributed by atoms with E-state index in [1.54, 1.807) is 0 Å². The predicted molar refractivity (Wildman–Crippen MR) is 116 cm³/mol. The Bertz CT molecular complexity index is 1180. The molecule has 31 heavy (non-hydrogen) atoms. The van der Waals surface area contributed by atoms with Crippen molar-refractivity contribution in [3.05, 3.63) is 70.9 Å². The molecule has 0 N–H and O–H groups in total. The zero-order valence-corrected chi connectivity index (χ0v) is 17.9. The zero-order valence-electron chi connectivity index (χ0n) is 17.2. The van der Waals surface area contributed by atoms with Crippen molar-refractivity contribution < 1.29 is 14.0 Å². The van der Waals surface area contributed by atoms with Crippen molar-refractivity contribution >= 4 is 11.6 Å². The standard InChI is InChI=1S/C23H21ClN4O3/c1-14(2)30-19-9-5-16(6-10-19)22-25-23(31-27-22)20-11-18-13-29-21(12-28(18)26-20)15-3-7-17(24)8-4-15/h3-11,14,21H,12-13H2,1-2H3. The highest BCUT2D eigenvalue weighted by Crippen LogP contribution is 2.30. The zero-order chi connectivity index (χ0) is 21.4. The van der Waals surface area contributed by atoms with E-state index in [1.807, 2.05) is 73.1 Å². The van der Waals surface area contributed by atoms with Gasteiger partial charge in [0.05, 0.1) is 24.9 Å². The lowest BCUT2D eigenvalue weighted by atomic mass is 10.1. The molecular weight excluding hydrogens is 416 g/mol. The Morgan fingerprint density at radius 2 is 1.87 bits per heavy atom. The molecule has 5 rings (SSSR count). The molecule has 3 heterocycles. The largest absolute Gasteiger partial charge is 0.491 e. The molecule has 0 aliphatic carbocycles. The van der Waals surface area contributed by atoms with Gasteiger partial charge in [0, 0.05) is 10.6 Å². The lowest BCUT2D eigenvalue weighted by molar-refractivity contribution is -0.00112. The quantitative estimate of drug-likeness (QED) is 0.422. The molecule has 1 aliphatic heterocycles.